The molecule has 0 bridgehead atoms. The van der Waals surface area contributed by atoms with Crippen molar-refractivity contribution in [2.45, 2.75) is 44.8 Å². The molecule has 3 heteroatoms. The van der Waals surface area contributed by atoms with Gasteiger partial charge in [-0.15, -0.1) is 0 Å². The van der Waals surface area contributed by atoms with Crippen LogP contribution in [0.4, 0.5) is 4.39 Å². The zero-order valence-electron chi connectivity index (χ0n) is 11.5. The predicted octanol–water partition coefficient (Wildman–Crippen LogP) is 2.92. The summed E-state index contributed by atoms with van der Waals surface area (Å²) < 4.78 is 19.1. The van der Waals surface area contributed by atoms with Crippen LogP contribution in [0.25, 0.3) is 0 Å². The minimum Gasteiger partial charge on any atom is -0.378 e. The molecule has 1 heterocycles. The van der Waals surface area contributed by atoms with Gasteiger partial charge in [-0.1, -0.05) is 12.1 Å². The molecule has 2 aliphatic rings. The first kappa shape index (κ1) is 13.1. The van der Waals surface area contributed by atoms with Gasteiger partial charge in [-0.3, -0.25) is 0 Å². The molecule has 1 aromatic rings. The zero-order valence-corrected chi connectivity index (χ0v) is 11.5. The van der Waals surface area contributed by atoms with Crippen LogP contribution in [0, 0.1) is 11.2 Å². The molecule has 0 spiro atoms. The highest BCUT2D eigenvalue weighted by Crippen LogP contribution is 2.38. The highest BCUT2D eigenvalue weighted by atomic mass is 19.1. The first-order valence-electron chi connectivity index (χ1n) is 7.27. The van der Waals surface area contributed by atoms with Crippen molar-refractivity contribution in [1.82, 2.24) is 5.32 Å². The Hall–Kier alpha value is -0.930. The van der Waals surface area contributed by atoms with Gasteiger partial charge in [-0.2, -0.15) is 0 Å². The van der Waals surface area contributed by atoms with Crippen LogP contribution in [-0.4, -0.2) is 25.3 Å². The molecular formula is C16H22FNO. The third-order valence-electron chi connectivity index (χ3n) is 4.60. The van der Waals surface area contributed by atoms with Gasteiger partial charge in [0.25, 0.3) is 0 Å². The zero-order chi connectivity index (χ0) is 13.3. The topological polar surface area (TPSA) is 21.3 Å². The third-order valence-corrected chi connectivity index (χ3v) is 4.60. The molecule has 0 aromatic heterocycles. The summed E-state index contributed by atoms with van der Waals surface area (Å²) in [4.78, 5) is 0. The fraction of sp³-hybridized carbons (Fsp3) is 0.625. The van der Waals surface area contributed by atoms with E-state index in [2.05, 4.69) is 12.2 Å². The van der Waals surface area contributed by atoms with Gasteiger partial charge in [0.1, 0.15) is 5.82 Å². The average Bonchev–Trinajstić information content (AvgIpc) is 3.14. The Morgan fingerprint density at radius 3 is 2.89 bits per heavy atom. The molecule has 0 amide bonds. The van der Waals surface area contributed by atoms with Crippen molar-refractivity contribution >= 4 is 0 Å². The van der Waals surface area contributed by atoms with Crippen LogP contribution in [0.15, 0.2) is 24.3 Å². The lowest BCUT2D eigenvalue weighted by Gasteiger charge is -2.33. The van der Waals surface area contributed by atoms with Crippen LogP contribution >= 0.6 is 0 Å². The average molecular weight is 263 g/mol. The number of rotatable bonds is 5. The van der Waals surface area contributed by atoms with Gasteiger partial charge in [0.05, 0.1) is 6.10 Å². The van der Waals surface area contributed by atoms with E-state index in [1.165, 1.54) is 18.9 Å². The molecule has 0 radical (unpaired) electrons. The molecule has 1 N–H and O–H groups in total. The lowest BCUT2D eigenvalue weighted by molar-refractivity contribution is 0.0628. The Balaban J connectivity index is 1.74. The number of hydrogen-bond acceptors (Lipinski definition) is 2. The van der Waals surface area contributed by atoms with Gasteiger partial charge in [0.2, 0.25) is 0 Å². The molecule has 2 fully saturated rings. The summed E-state index contributed by atoms with van der Waals surface area (Å²) >= 11 is 0. The molecular weight excluding hydrogens is 241 g/mol. The Bertz CT molecular complexity index is 446. The van der Waals surface area contributed by atoms with E-state index < -0.39 is 0 Å². The van der Waals surface area contributed by atoms with E-state index in [1.807, 2.05) is 6.07 Å². The van der Waals surface area contributed by atoms with Crippen molar-refractivity contribution < 1.29 is 9.13 Å². The Morgan fingerprint density at radius 1 is 1.42 bits per heavy atom. The summed E-state index contributed by atoms with van der Waals surface area (Å²) in [5.74, 6) is -0.144. The summed E-state index contributed by atoms with van der Waals surface area (Å²) in [6, 6.07) is 7.69. The standard InChI is InChI=1S/C16H22FNO/c1-12-16(7-8-19-12,11-18-15-5-6-15)10-13-3-2-4-14(17)9-13/h2-4,9,12,15,18H,5-8,10-11H2,1H3. The quantitative estimate of drug-likeness (QED) is 0.882. The molecule has 2 unspecified atom stereocenters. The summed E-state index contributed by atoms with van der Waals surface area (Å²) in [6.45, 7) is 3.96. The Kier molecular flexibility index (Phi) is 3.59. The van der Waals surface area contributed by atoms with Gasteiger partial charge in [0.15, 0.2) is 0 Å². The predicted molar refractivity (Wildman–Crippen MR) is 73.6 cm³/mol. The summed E-state index contributed by atoms with van der Waals surface area (Å²) in [5, 5.41) is 3.63. The van der Waals surface area contributed by atoms with E-state index in [9.17, 15) is 4.39 Å². The molecule has 1 saturated carbocycles. The summed E-state index contributed by atoms with van der Waals surface area (Å²) in [5.41, 5.74) is 1.20. The Labute approximate surface area is 114 Å². The van der Waals surface area contributed by atoms with Gasteiger partial charge < -0.3 is 10.1 Å². The van der Waals surface area contributed by atoms with Crippen LogP contribution in [0.2, 0.25) is 0 Å². The largest absolute Gasteiger partial charge is 0.378 e. The van der Waals surface area contributed by atoms with Gasteiger partial charge >= 0.3 is 0 Å². The first-order valence-corrected chi connectivity index (χ1v) is 7.27. The second kappa shape index (κ2) is 5.22. The highest BCUT2D eigenvalue weighted by molar-refractivity contribution is 5.19. The number of halogens is 1. The van der Waals surface area contributed by atoms with Crippen LogP contribution < -0.4 is 5.32 Å². The molecule has 104 valence electrons. The molecule has 1 aliphatic carbocycles. The minimum atomic E-state index is -0.144. The van der Waals surface area contributed by atoms with Crippen LogP contribution in [0.1, 0.15) is 31.7 Å². The van der Waals surface area contributed by atoms with Crippen molar-refractivity contribution in [3.63, 3.8) is 0 Å². The number of ether oxygens (including phenoxy) is 1. The maximum absolute atomic E-state index is 13.3. The number of benzene rings is 1. The molecule has 3 rings (SSSR count). The second-order valence-corrected chi connectivity index (χ2v) is 6.09. The Morgan fingerprint density at radius 2 is 2.26 bits per heavy atom. The number of nitrogens with one attached hydrogen (secondary N) is 1. The van der Waals surface area contributed by atoms with Crippen molar-refractivity contribution in [2.75, 3.05) is 13.2 Å². The highest BCUT2D eigenvalue weighted by Gasteiger charge is 2.42. The van der Waals surface area contributed by atoms with E-state index in [0.717, 1.165) is 31.6 Å². The normalized spacial score (nSPS) is 30.7. The monoisotopic (exact) mass is 263 g/mol. The van der Waals surface area contributed by atoms with Crippen molar-refractivity contribution in [2.24, 2.45) is 5.41 Å². The molecule has 2 nitrogen and oxygen atoms in total. The van der Waals surface area contributed by atoms with E-state index >= 15 is 0 Å². The van der Waals surface area contributed by atoms with Crippen molar-refractivity contribution in [3.8, 4) is 0 Å². The smallest absolute Gasteiger partial charge is 0.123 e. The SMILES string of the molecule is CC1OCCC1(CNC1CC1)Cc1cccc(F)c1. The molecule has 2 atom stereocenters. The first-order chi connectivity index (χ1) is 9.18. The third kappa shape index (κ3) is 2.98. The summed E-state index contributed by atoms with van der Waals surface area (Å²) in [6.07, 6.45) is 4.79. The lowest BCUT2D eigenvalue weighted by atomic mass is 9.76. The minimum absolute atomic E-state index is 0.121. The van der Waals surface area contributed by atoms with Crippen molar-refractivity contribution in [3.05, 3.63) is 35.6 Å². The van der Waals surface area contributed by atoms with E-state index in [1.54, 1.807) is 12.1 Å². The van der Waals surface area contributed by atoms with E-state index in [4.69, 9.17) is 4.74 Å². The maximum atomic E-state index is 13.3. The molecule has 1 aromatic carbocycles. The number of hydrogen-bond donors (Lipinski definition) is 1. The van der Waals surface area contributed by atoms with Crippen LogP contribution in [-0.2, 0) is 11.2 Å². The van der Waals surface area contributed by atoms with E-state index in [-0.39, 0.29) is 17.3 Å². The van der Waals surface area contributed by atoms with Gasteiger partial charge in [-0.05, 0) is 50.3 Å². The maximum Gasteiger partial charge on any atom is 0.123 e. The fourth-order valence-electron chi connectivity index (χ4n) is 3.03. The van der Waals surface area contributed by atoms with Crippen molar-refractivity contribution in [1.29, 1.82) is 0 Å². The summed E-state index contributed by atoms with van der Waals surface area (Å²) in [7, 11) is 0. The molecule has 1 saturated heterocycles. The second-order valence-electron chi connectivity index (χ2n) is 6.09. The van der Waals surface area contributed by atoms with Gasteiger partial charge in [-0.25, -0.2) is 4.39 Å². The fourth-order valence-corrected chi connectivity index (χ4v) is 3.03. The lowest BCUT2D eigenvalue weighted by Crippen LogP contribution is -2.42. The van der Waals surface area contributed by atoms with Crippen LogP contribution in [0.5, 0.6) is 0 Å². The van der Waals surface area contributed by atoms with E-state index in [0.29, 0.717) is 6.04 Å². The molecule has 1 aliphatic heterocycles. The molecule has 19 heavy (non-hydrogen) atoms. The van der Waals surface area contributed by atoms with Crippen LogP contribution in [0.3, 0.4) is 0 Å². The van der Waals surface area contributed by atoms with Gasteiger partial charge in [0, 0.05) is 24.6 Å².